The minimum atomic E-state index is -4.40. The summed E-state index contributed by atoms with van der Waals surface area (Å²) in [6, 6.07) is 0. The maximum absolute atomic E-state index is 12.6. The molecule has 2 aliphatic heterocycles. The van der Waals surface area contributed by atoms with E-state index in [-0.39, 0.29) is 11.4 Å². The first-order valence-corrected chi connectivity index (χ1v) is 4.76. The molecule has 0 spiro atoms. The Morgan fingerprint density at radius 2 is 1.76 bits per heavy atom. The second kappa shape index (κ2) is 3.22. The van der Waals surface area contributed by atoms with E-state index in [1.165, 1.54) is 12.7 Å². The van der Waals surface area contributed by atoms with Crippen molar-refractivity contribution in [2.24, 2.45) is 25.9 Å². The topological polar surface area (TPSA) is 49.4 Å². The van der Waals surface area contributed by atoms with Crippen LogP contribution in [0.5, 0.6) is 0 Å². The molecular formula is C10H5F3N4. The lowest BCUT2D eigenvalue weighted by molar-refractivity contribution is -0.0882. The van der Waals surface area contributed by atoms with Crippen molar-refractivity contribution in [2.45, 2.75) is 6.18 Å². The molecule has 7 heteroatoms. The second-order valence-corrected chi connectivity index (χ2v) is 3.63. The number of alkyl halides is 3. The van der Waals surface area contributed by atoms with Crippen molar-refractivity contribution >= 4 is 24.2 Å². The standard InChI is InChI=1S/C10H5F3N4/c11-10(12,13)5-1-6-8-7(2-5)15-4-17-9(8)16-3-14-6/h1-4,8H. The van der Waals surface area contributed by atoms with Gasteiger partial charge in [-0.05, 0) is 12.2 Å². The summed E-state index contributed by atoms with van der Waals surface area (Å²) in [5.74, 6) is -0.0372. The molecular weight excluding hydrogens is 233 g/mol. The Kier molecular flexibility index (Phi) is 1.92. The molecule has 1 unspecified atom stereocenters. The van der Waals surface area contributed by atoms with Gasteiger partial charge in [-0.25, -0.2) is 20.0 Å². The molecule has 1 aliphatic carbocycles. The van der Waals surface area contributed by atoms with Crippen molar-refractivity contribution in [3.63, 3.8) is 0 Å². The van der Waals surface area contributed by atoms with Crippen LogP contribution in [0.15, 0.2) is 43.4 Å². The van der Waals surface area contributed by atoms with Crippen LogP contribution in [0.2, 0.25) is 0 Å². The van der Waals surface area contributed by atoms with Crippen LogP contribution >= 0.6 is 0 Å². The molecule has 0 saturated heterocycles. The summed E-state index contributed by atoms with van der Waals surface area (Å²) >= 11 is 0. The molecule has 17 heavy (non-hydrogen) atoms. The van der Waals surface area contributed by atoms with E-state index >= 15 is 0 Å². The molecule has 2 heterocycles. The maximum Gasteiger partial charge on any atom is 0.416 e. The lowest BCUT2D eigenvalue weighted by Crippen LogP contribution is -2.32. The highest BCUT2D eigenvalue weighted by molar-refractivity contribution is 6.22. The van der Waals surface area contributed by atoms with Crippen molar-refractivity contribution in [3.05, 3.63) is 23.4 Å². The smallest absolute Gasteiger partial charge is 0.240 e. The first kappa shape index (κ1) is 10.1. The quantitative estimate of drug-likeness (QED) is 0.619. The van der Waals surface area contributed by atoms with Gasteiger partial charge in [-0.2, -0.15) is 13.2 Å². The van der Waals surface area contributed by atoms with E-state index in [4.69, 9.17) is 0 Å². The lowest BCUT2D eigenvalue weighted by atomic mass is 9.89. The van der Waals surface area contributed by atoms with Gasteiger partial charge in [0.1, 0.15) is 24.4 Å². The van der Waals surface area contributed by atoms with E-state index in [2.05, 4.69) is 20.0 Å². The molecule has 4 nitrogen and oxygen atoms in total. The molecule has 0 bridgehead atoms. The molecule has 0 saturated carbocycles. The van der Waals surface area contributed by atoms with Crippen LogP contribution in [0.3, 0.4) is 0 Å². The van der Waals surface area contributed by atoms with Crippen LogP contribution in [0, 0.1) is 5.92 Å². The maximum atomic E-state index is 12.6. The van der Waals surface area contributed by atoms with Crippen LogP contribution in [-0.4, -0.2) is 30.4 Å². The summed E-state index contributed by atoms with van der Waals surface area (Å²) < 4.78 is 37.9. The van der Waals surface area contributed by atoms with Gasteiger partial charge in [0.15, 0.2) is 0 Å². The van der Waals surface area contributed by atoms with Gasteiger partial charge in [-0.15, -0.1) is 0 Å². The Hall–Kier alpha value is -2.05. The van der Waals surface area contributed by atoms with Crippen LogP contribution in [0.25, 0.3) is 0 Å². The highest BCUT2D eigenvalue weighted by Crippen LogP contribution is 2.35. The van der Waals surface area contributed by atoms with E-state index < -0.39 is 17.7 Å². The molecule has 3 aliphatic rings. The van der Waals surface area contributed by atoms with E-state index in [9.17, 15) is 13.2 Å². The van der Waals surface area contributed by atoms with Crippen LogP contribution in [0.4, 0.5) is 13.2 Å². The van der Waals surface area contributed by atoms with Gasteiger partial charge in [-0.3, -0.25) is 0 Å². The summed E-state index contributed by atoms with van der Waals surface area (Å²) in [4.78, 5) is 15.5. The van der Waals surface area contributed by atoms with E-state index in [0.29, 0.717) is 5.84 Å². The van der Waals surface area contributed by atoms with Crippen LogP contribution < -0.4 is 0 Å². The minimum Gasteiger partial charge on any atom is -0.240 e. The SMILES string of the molecule is FC(F)(F)C1=CC2=NC=NC3=NC=NC(=C1)C23. The van der Waals surface area contributed by atoms with Gasteiger partial charge in [0, 0.05) is 0 Å². The van der Waals surface area contributed by atoms with Gasteiger partial charge >= 0.3 is 6.18 Å². The van der Waals surface area contributed by atoms with E-state index in [1.54, 1.807) is 0 Å². The fourth-order valence-electron chi connectivity index (χ4n) is 1.82. The fraction of sp³-hybridized carbons (Fsp3) is 0.200. The molecule has 0 aromatic carbocycles. The number of rotatable bonds is 0. The zero-order chi connectivity index (χ0) is 12.0. The number of amidine groups is 1. The Bertz CT molecular complexity index is 559. The molecule has 0 aromatic heterocycles. The molecule has 86 valence electrons. The average Bonchev–Trinajstić information content (AvgIpc) is 2.28. The molecule has 0 fully saturated rings. The van der Waals surface area contributed by atoms with E-state index in [0.717, 1.165) is 12.2 Å². The molecule has 0 radical (unpaired) electrons. The highest BCUT2D eigenvalue weighted by atomic mass is 19.4. The van der Waals surface area contributed by atoms with Gasteiger partial charge in [0.2, 0.25) is 0 Å². The predicted molar refractivity (Wildman–Crippen MR) is 57.6 cm³/mol. The van der Waals surface area contributed by atoms with Crippen molar-refractivity contribution in [2.75, 3.05) is 0 Å². The Balaban J connectivity index is 2.15. The lowest BCUT2D eigenvalue weighted by Gasteiger charge is -2.26. The van der Waals surface area contributed by atoms with Crippen molar-refractivity contribution in [1.29, 1.82) is 0 Å². The summed E-state index contributed by atoms with van der Waals surface area (Å²) in [5.41, 5.74) is -0.197. The second-order valence-electron chi connectivity index (χ2n) is 3.63. The van der Waals surface area contributed by atoms with Crippen molar-refractivity contribution < 1.29 is 13.2 Å². The average molecular weight is 238 g/mol. The molecule has 0 amide bonds. The highest BCUT2D eigenvalue weighted by Gasteiger charge is 2.39. The Morgan fingerprint density at radius 3 is 2.53 bits per heavy atom. The van der Waals surface area contributed by atoms with Crippen LogP contribution in [0.1, 0.15) is 0 Å². The summed E-state index contributed by atoms with van der Waals surface area (Å²) in [6.45, 7) is 0. The van der Waals surface area contributed by atoms with Crippen molar-refractivity contribution in [3.8, 4) is 0 Å². The van der Waals surface area contributed by atoms with Gasteiger partial charge in [0.05, 0.1) is 17.0 Å². The molecule has 0 aromatic rings. The number of nitrogens with zero attached hydrogens (tertiary/aromatic N) is 4. The van der Waals surface area contributed by atoms with Gasteiger partial charge < -0.3 is 0 Å². The largest absolute Gasteiger partial charge is 0.416 e. The number of halogens is 3. The third kappa shape index (κ3) is 1.54. The molecule has 1 atom stereocenters. The normalized spacial score (nSPS) is 25.7. The molecule has 0 N–H and O–H groups in total. The summed E-state index contributed by atoms with van der Waals surface area (Å²) in [6.07, 6.45) is 0.0271. The summed E-state index contributed by atoms with van der Waals surface area (Å²) in [7, 11) is 0. The number of hydrogen-bond acceptors (Lipinski definition) is 4. The number of hydrogen-bond donors (Lipinski definition) is 0. The predicted octanol–water partition coefficient (Wildman–Crippen LogP) is 1.91. The third-order valence-electron chi connectivity index (χ3n) is 2.58. The van der Waals surface area contributed by atoms with E-state index in [1.807, 2.05) is 0 Å². The minimum absolute atomic E-state index is 0.278. The van der Waals surface area contributed by atoms with Crippen molar-refractivity contribution in [1.82, 2.24) is 0 Å². The Morgan fingerprint density at radius 1 is 1.00 bits per heavy atom. The number of aliphatic imine (C=N–C) groups is 4. The first-order chi connectivity index (χ1) is 8.05. The zero-order valence-corrected chi connectivity index (χ0v) is 8.31. The zero-order valence-electron chi connectivity index (χ0n) is 8.31. The fourth-order valence-corrected chi connectivity index (χ4v) is 1.82. The van der Waals surface area contributed by atoms with Crippen LogP contribution in [-0.2, 0) is 0 Å². The first-order valence-electron chi connectivity index (χ1n) is 4.76. The Labute approximate surface area is 93.7 Å². The third-order valence-corrected chi connectivity index (χ3v) is 2.58. The molecule has 3 rings (SSSR count). The monoisotopic (exact) mass is 238 g/mol. The summed E-state index contributed by atoms with van der Waals surface area (Å²) in [5, 5.41) is 0. The van der Waals surface area contributed by atoms with Gasteiger partial charge in [0.25, 0.3) is 0 Å². The van der Waals surface area contributed by atoms with Gasteiger partial charge in [-0.1, -0.05) is 0 Å². The number of allylic oxidation sites excluding steroid dienone is 3.